The third-order valence-corrected chi connectivity index (χ3v) is 9.68. The molecule has 0 bridgehead atoms. The van der Waals surface area contributed by atoms with Crippen molar-refractivity contribution in [3.8, 4) is 17.2 Å². The molecule has 4 rings (SSSR count). The Labute approximate surface area is 393 Å². The molecule has 0 atom stereocenters. The number of hydrogen-bond acceptors (Lipinski definition) is 18. The Morgan fingerprint density at radius 2 is 1.45 bits per heavy atom. The van der Waals surface area contributed by atoms with E-state index in [1.807, 2.05) is 0 Å². The Morgan fingerprint density at radius 1 is 0.873 bits per heavy atom. The van der Waals surface area contributed by atoms with Gasteiger partial charge in [0.05, 0.1) is 23.4 Å². The molecule has 4 N–H and O–H groups in total. The quantitative estimate of drug-likeness (QED) is 0.0342. The number of ether oxygens (including phenoxy) is 1. The minimum Gasteiger partial charge on any atom is -0.747 e. The number of azo groups is 2. The monoisotopic (exact) mass is 915 g/mol. The molecule has 0 aliphatic heterocycles. The molecule has 55 heavy (non-hydrogen) atoms. The first-order valence-corrected chi connectivity index (χ1v) is 19.5. The van der Waals surface area contributed by atoms with Crippen LogP contribution in [0.15, 0.2) is 96.8 Å². The van der Waals surface area contributed by atoms with Crippen molar-refractivity contribution in [3.05, 3.63) is 79.6 Å². The molecule has 4 aromatic carbocycles. The molecule has 1 radical (unpaired) electrons. The second-order valence-corrected chi connectivity index (χ2v) is 15.8. The van der Waals surface area contributed by atoms with Crippen LogP contribution < -0.4 is 98.7 Å². The zero-order valence-corrected chi connectivity index (χ0v) is 39.4. The summed E-state index contributed by atoms with van der Waals surface area (Å²) >= 11 is 0. The largest absolute Gasteiger partial charge is 1.00 e. The van der Waals surface area contributed by atoms with Crippen LogP contribution in [0.3, 0.4) is 0 Å². The number of benzene rings is 4. The molecule has 0 amide bonds. The van der Waals surface area contributed by atoms with Crippen molar-refractivity contribution in [3.63, 3.8) is 0 Å². The summed E-state index contributed by atoms with van der Waals surface area (Å²) in [6.07, 6.45) is 0. The van der Waals surface area contributed by atoms with E-state index in [2.05, 4.69) is 45.3 Å². The van der Waals surface area contributed by atoms with E-state index in [-0.39, 0.29) is 160 Å². The summed E-state index contributed by atoms with van der Waals surface area (Å²) in [6.45, 7) is 6.67. The molecule has 0 saturated carbocycles. The molecule has 0 aliphatic rings. The molecule has 0 fully saturated rings. The van der Waals surface area contributed by atoms with Gasteiger partial charge in [-0.3, -0.25) is 4.55 Å². The van der Waals surface area contributed by atoms with Crippen LogP contribution in [0.25, 0.3) is 10.8 Å². The Morgan fingerprint density at radius 3 is 2.00 bits per heavy atom. The smallest absolute Gasteiger partial charge is 0.747 e. The summed E-state index contributed by atoms with van der Waals surface area (Å²) in [6, 6.07) is 14.3. The molecule has 0 aromatic heterocycles. The second kappa shape index (κ2) is 23.2. The molecule has 27 heteroatoms. The van der Waals surface area contributed by atoms with Gasteiger partial charge < -0.3 is 36.3 Å². The number of aromatic hydroxyl groups is 2. The van der Waals surface area contributed by atoms with Gasteiger partial charge in [-0.2, -0.15) is 27.5 Å². The zero-order chi connectivity index (χ0) is 38.4. The molecule has 0 aliphatic carbocycles. The molecule has 19 nitrogen and oxygen atoms in total. The normalized spacial score (nSPS) is 11.6. The predicted octanol–water partition coefficient (Wildman–Crippen LogP) is -4.66. The number of hydrogen-bond donors (Lipinski definition) is 4. The summed E-state index contributed by atoms with van der Waals surface area (Å²) in [7, 11) is -16.2. The average molecular weight is 916 g/mol. The van der Waals surface area contributed by atoms with E-state index in [1.54, 1.807) is 0 Å². The van der Waals surface area contributed by atoms with Crippen molar-refractivity contribution in [1.82, 2.24) is 0 Å². The van der Waals surface area contributed by atoms with Gasteiger partial charge in [0.1, 0.15) is 43.8 Å². The molecule has 4 aromatic rings. The number of fused-ring (bicyclic) bond motifs is 1. The molecule has 0 heterocycles. The van der Waals surface area contributed by atoms with E-state index < -0.39 is 63.3 Å². The number of rotatable bonds is 12. The third-order valence-electron chi connectivity index (χ3n) is 6.26. The maximum Gasteiger partial charge on any atom is 1.00 e. The van der Waals surface area contributed by atoms with Crippen molar-refractivity contribution >= 4 is 79.4 Å². The van der Waals surface area contributed by atoms with Gasteiger partial charge in [-0.25, -0.2) is 33.7 Å². The molecule has 0 saturated heterocycles. The number of phenols is 2. The molecular weight excluding hydrogens is 891 g/mol. The van der Waals surface area contributed by atoms with Gasteiger partial charge in [-0.1, -0.05) is 41.3 Å². The number of sulfone groups is 2. The Hall–Kier alpha value is -1.52. The van der Waals surface area contributed by atoms with Gasteiger partial charge >= 0.3 is 88.7 Å². The fourth-order valence-corrected chi connectivity index (χ4v) is 6.14. The van der Waals surface area contributed by atoms with Crippen molar-refractivity contribution in [2.24, 2.45) is 20.5 Å². The van der Waals surface area contributed by atoms with Crippen LogP contribution in [0.1, 0.15) is 0 Å². The van der Waals surface area contributed by atoms with Gasteiger partial charge in [0, 0.05) is 46.0 Å². The van der Waals surface area contributed by atoms with E-state index in [0.29, 0.717) is 0 Å². The van der Waals surface area contributed by atoms with Gasteiger partial charge in [0.15, 0.2) is 9.84 Å². The third kappa shape index (κ3) is 16.0. The average Bonchev–Trinajstić information content (AvgIpc) is 3.05. The van der Waals surface area contributed by atoms with Crippen LogP contribution in [-0.4, -0.2) is 76.3 Å². The standard InChI is InChI=1S/C28H25N5O10S3.Cu.3Na.H2O4S/c1-4-44(36,37)25-9-7-6-8-19(25)30-33-27-17-10-13-21(28(35)18(17)11-12-20(27)29-16-46(40,41)42)31-32-22-14-24(43-3)26(15-23(22)34)45(38,39)5-2;;;;;1-5(2,3)4/h4,6-12,14-15,29,34-35H,1-2,5,16H2,3H3,(H,40,41,42);;;;;(H2,1,2,3,4)/q-2;;3*+1;/p-2. The first-order valence-electron chi connectivity index (χ1n) is 13.4. The van der Waals surface area contributed by atoms with Crippen molar-refractivity contribution in [2.75, 3.05) is 24.1 Å². The molecular formula is C28H25CuN5Na3O14S4-. The van der Waals surface area contributed by atoms with Gasteiger partial charge in [-0.05, 0) is 18.2 Å². The first-order chi connectivity index (χ1) is 23.6. The second-order valence-electron chi connectivity index (χ2n) is 9.61. The topological polar surface area (TPSA) is 314 Å². The minimum absolute atomic E-state index is 0. The zero-order valence-electron chi connectivity index (χ0n) is 29.2. The Bertz CT molecular complexity index is 2500. The van der Waals surface area contributed by atoms with E-state index in [0.717, 1.165) is 17.5 Å². The van der Waals surface area contributed by atoms with Crippen LogP contribution in [0.2, 0.25) is 0 Å². The number of anilines is 1. The molecule has 0 unspecified atom stereocenters. The van der Waals surface area contributed by atoms with Crippen molar-refractivity contribution in [2.45, 2.75) is 9.79 Å². The van der Waals surface area contributed by atoms with Crippen molar-refractivity contribution in [1.29, 1.82) is 0 Å². The van der Waals surface area contributed by atoms with E-state index in [9.17, 15) is 40.0 Å². The summed E-state index contributed by atoms with van der Waals surface area (Å²) in [5.74, 6) is -2.68. The van der Waals surface area contributed by atoms with Crippen LogP contribution in [0.5, 0.6) is 17.2 Å². The van der Waals surface area contributed by atoms with E-state index in [1.165, 1.54) is 49.6 Å². The summed E-state index contributed by atoms with van der Waals surface area (Å²) in [4.78, 5) is -0.512. The Balaban J connectivity index is 0. The fraction of sp³-hybridized carbons (Fsp3) is 0.107. The number of nitrogens with one attached hydrogen (secondary N) is 1. The van der Waals surface area contributed by atoms with Gasteiger partial charge in [0.25, 0.3) is 0 Å². The maximum absolute atomic E-state index is 12.5. The van der Waals surface area contributed by atoms with E-state index >= 15 is 0 Å². The van der Waals surface area contributed by atoms with Crippen LogP contribution in [-0.2, 0) is 57.3 Å². The van der Waals surface area contributed by atoms with Crippen molar-refractivity contribution < 1.29 is 168 Å². The molecule has 285 valence electrons. The number of phenolic OH excluding ortho intramolecular Hbond substituents is 2. The van der Waals surface area contributed by atoms with Gasteiger partial charge in [0.2, 0.25) is 20.2 Å². The molecule has 0 spiro atoms. The fourth-order valence-electron chi connectivity index (χ4n) is 4.00. The number of methoxy groups -OCH3 is 1. The predicted molar refractivity (Wildman–Crippen MR) is 179 cm³/mol. The van der Waals surface area contributed by atoms with Crippen LogP contribution in [0, 0.1) is 13.0 Å². The Kier molecular flexibility index (Phi) is 23.4. The summed E-state index contributed by atoms with van der Waals surface area (Å²) < 4.78 is 121. The first kappa shape index (κ1) is 55.6. The number of nitrogens with zero attached hydrogens (tertiary/aromatic N) is 4. The summed E-state index contributed by atoms with van der Waals surface area (Å²) in [5.41, 5.74) is -0.602. The van der Waals surface area contributed by atoms with Gasteiger partial charge in [-0.15, -0.1) is 5.11 Å². The van der Waals surface area contributed by atoms with Crippen LogP contribution in [0.4, 0.5) is 28.4 Å². The summed E-state index contributed by atoms with van der Waals surface area (Å²) in [5, 5.41) is 40.8. The van der Waals surface area contributed by atoms with E-state index in [4.69, 9.17) is 22.3 Å². The van der Waals surface area contributed by atoms with Crippen LogP contribution >= 0.6 is 0 Å². The minimum atomic E-state index is -4.92. The maximum atomic E-state index is 12.5. The SMILES string of the molecule is C=CS(=O)(=O)c1ccccc1N=Nc1c(NCS(=O)(=O)[O-])ccc2c(O)c(N=Nc3cc(OC)c(S(=O)(=O)C[CH2-])cc3O)[c-]cc12.O=S(=O)([O-])O.[Cu].[Na+].[Na+].[Na+].